The van der Waals surface area contributed by atoms with Crippen LogP contribution in [0.5, 0.6) is 11.5 Å². The number of nitrogens with zero attached hydrogens (tertiary/aromatic N) is 1. The van der Waals surface area contributed by atoms with Crippen LogP contribution in [0, 0.1) is 5.92 Å². The summed E-state index contributed by atoms with van der Waals surface area (Å²) in [6, 6.07) is 5.43. The standard InChI is InChI=1S/C19H29NO5S/c1-14(2)13-26(22,23)16-7-9-20(10-8-16)19(21)12-15-5-6-17(24-3)18(11-15)25-4/h5-6,11,14,16H,7-10,12-13H2,1-4H3. The number of amides is 1. The van der Waals surface area contributed by atoms with Gasteiger partial charge in [0.1, 0.15) is 0 Å². The molecule has 1 heterocycles. The molecule has 6 nitrogen and oxygen atoms in total. The highest BCUT2D eigenvalue weighted by Gasteiger charge is 2.31. The molecule has 1 aromatic rings. The summed E-state index contributed by atoms with van der Waals surface area (Å²) >= 11 is 0. The summed E-state index contributed by atoms with van der Waals surface area (Å²) in [5.41, 5.74) is 0.849. The van der Waals surface area contributed by atoms with Gasteiger partial charge >= 0.3 is 0 Å². The van der Waals surface area contributed by atoms with E-state index < -0.39 is 9.84 Å². The number of rotatable bonds is 7. The van der Waals surface area contributed by atoms with E-state index in [1.165, 1.54) is 0 Å². The first-order valence-corrected chi connectivity index (χ1v) is 10.7. The Kier molecular flexibility index (Phi) is 6.92. The van der Waals surface area contributed by atoms with Crippen molar-refractivity contribution in [2.75, 3.05) is 33.1 Å². The monoisotopic (exact) mass is 383 g/mol. The molecular formula is C19H29NO5S. The maximum atomic E-state index is 12.6. The molecule has 7 heteroatoms. The quantitative estimate of drug-likeness (QED) is 0.722. The maximum absolute atomic E-state index is 12.6. The molecule has 0 atom stereocenters. The first kappa shape index (κ1) is 20.6. The number of hydrogen-bond donors (Lipinski definition) is 0. The predicted octanol–water partition coefficient (Wildman–Crippen LogP) is 2.31. The number of likely N-dealkylation sites (tertiary alicyclic amines) is 1. The van der Waals surface area contributed by atoms with Crippen molar-refractivity contribution in [1.29, 1.82) is 0 Å². The second kappa shape index (κ2) is 8.75. The van der Waals surface area contributed by atoms with Crippen molar-refractivity contribution in [3.63, 3.8) is 0 Å². The first-order chi connectivity index (χ1) is 12.3. The van der Waals surface area contributed by atoms with Gasteiger partial charge in [0.25, 0.3) is 0 Å². The number of piperidine rings is 1. The molecule has 26 heavy (non-hydrogen) atoms. The topological polar surface area (TPSA) is 72.9 Å². The van der Waals surface area contributed by atoms with E-state index in [0.717, 1.165) is 5.56 Å². The van der Waals surface area contributed by atoms with Crippen LogP contribution < -0.4 is 9.47 Å². The Balaban J connectivity index is 1.94. The fourth-order valence-electron chi connectivity index (χ4n) is 3.34. The molecule has 1 fully saturated rings. The average Bonchev–Trinajstić information content (AvgIpc) is 2.60. The number of carbonyl (C=O) groups is 1. The van der Waals surface area contributed by atoms with Gasteiger partial charge in [-0.05, 0) is 36.5 Å². The Labute approximate surface area is 156 Å². The molecule has 2 rings (SSSR count). The van der Waals surface area contributed by atoms with Gasteiger partial charge < -0.3 is 14.4 Å². The molecule has 0 spiro atoms. The molecule has 1 aliphatic rings. The number of benzene rings is 1. The van der Waals surface area contributed by atoms with Crippen LogP contribution in [0.3, 0.4) is 0 Å². The molecule has 1 aliphatic heterocycles. The molecule has 0 bridgehead atoms. The predicted molar refractivity (Wildman–Crippen MR) is 101 cm³/mol. The van der Waals surface area contributed by atoms with Crippen LogP contribution in [-0.4, -0.2) is 57.5 Å². The van der Waals surface area contributed by atoms with Gasteiger partial charge in [-0.3, -0.25) is 4.79 Å². The molecule has 0 aliphatic carbocycles. The van der Waals surface area contributed by atoms with E-state index >= 15 is 0 Å². The zero-order valence-corrected chi connectivity index (χ0v) is 16.8. The highest BCUT2D eigenvalue weighted by atomic mass is 32.2. The van der Waals surface area contributed by atoms with Gasteiger partial charge in [0, 0.05) is 13.1 Å². The third-order valence-corrected chi connectivity index (χ3v) is 7.29. The second-order valence-corrected chi connectivity index (χ2v) is 9.50. The van der Waals surface area contributed by atoms with Gasteiger partial charge in [-0.2, -0.15) is 0 Å². The van der Waals surface area contributed by atoms with Crippen molar-refractivity contribution >= 4 is 15.7 Å². The normalized spacial score (nSPS) is 16.0. The zero-order valence-electron chi connectivity index (χ0n) is 16.0. The minimum atomic E-state index is -3.08. The summed E-state index contributed by atoms with van der Waals surface area (Å²) in [4.78, 5) is 14.3. The maximum Gasteiger partial charge on any atom is 0.226 e. The highest BCUT2D eigenvalue weighted by Crippen LogP contribution is 2.28. The van der Waals surface area contributed by atoms with Crippen LogP contribution in [0.2, 0.25) is 0 Å². The summed E-state index contributed by atoms with van der Waals surface area (Å²) < 4.78 is 35.2. The van der Waals surface area contributed by atoms with Gasteiger partial charge in [0.15, 0.2) is 21.3 Å². The van der Waals surface area contributed by atoms with Gasteiger partial charge in [-0.15, -0.1) is 0 Å². The lowest BCUT2D eigenvalue weighted by molar-refractivity contribution is -0.131. The summed E-state index contributed by atoms with van der Waals surface area (Å²) in [6.07, 6.45) is 1.31. The van der Waals surface area contributed by atoms with Crippen molar-refractivity contribution < 1.29 is 22.7 Å². The van der Waals surface area contributed by atoms with Crippen molar-refractivity contribution in [2.24, 2.45) is 5.92 Å². The van der Waals surface area contributed by atoms with E-state index in [1.807, 2.05) is 19.9 Å². The summed E-state index contributed by atoms with van der Waals surface area (Å²) in [7, 11) is 0.0552. The van der Waals surface area contributed by atoms with Crippen LogP contribution in [-0.2, 0) is 21.1 Å². The zero-order chi connectivity index (χ0) is 19.3. The minimum Gasteiger partial charge on any atom is -0.493 e. The largest absolute Gasteiger partial charge is 0.493 e. The van der Waals surface area contributed by atoms with Gasteiger partial charge in [0.05, 0.1) is 31.6 Å². The molecule has 0 unspecified atom stereocenters. The molecule has 0 aromatic heterocycles. The van der Waals surface area contributed by atoms with E-state index in [9.17, 15) is 13.2 Å². The highest BCUT2D eigenvalue weighted by molar-refractivity contribution is 7.92. The number of sulfone groups is 1. The third kappa shape index (κ3) is 5.13. The minimum absolute atomic E-state index is 0.0110. The fourth-order valence-corrected chi connectivity index (χ4v) is 5.47. The molecule has 1 amide bonds. The number of carbonyl (C=O) groups excluding carboxylic acids is 1. The SMILES string of the molecule is COc1ccc(CC(=O)N2CCC(S(=O)(=O)CC(C)C)CC2)cc1OC. The Morgan fingerprint density at radius 3 is 2.31 bits per heavy atom. The van der Waals surface area contributed by atoms with Crippen molar-refractivity contribution in [3.8, 4) is 11.5 Å². The lowest BCUT2D eigenvalue weighted by Gasteiger charge is -2.32. The number of ether oxygens (including phenoxy) is 2. The van der Waals surface area contributed by atoms with Crippen molar-refractivity contribution in [3.05, 3.63) is 23.8 Å². The van der Waals surface area contributed by atoms with Crippen molar-refractivity contribution in [1.82, 2.24) is 4.90 Å². The Morgan fingerprint density at radius 2 is 1.77 bits per heavy atom. The summed E-state index contributed by atoms with van der Waals surface area (Å²) in [6.45, 7) is 4.82. The Hall–Kier alpha value is -1.76. The summed E-state index contributed by atoms with van der Waals surface area (Å²) in [5, 5.41) is -0.324. The van der Waals surface area contributed by atoms with E-state index in [0.29, 0.717) is 37.4 Å². The smallest absolute Gasteiger partial charge is 0.226 e. The average molecular weight is 384 g/mol. The molecule has 0 radical (unpaired) electrons. The molecule has 1 aromatic carbocycles. The van der Waals surface area contributed by atoms with E-state index in [1.54, 1.807) is 31.3 Å². The Morgan fingerprint density at radius 1 is 1.15 bits per heavy atom. The molecule has 0 N–H and O–H groups in total. The molecule has 1 saturated heterocycles. The Bertz CT molecular complexity index is 721. The van der Waals surface area contributed by atoms with Crippen LogP contribution in [0.25, 0.3) is 0 Å². The molecular weight excluding hydrogens is 354 g/mol. The number of methoxy groups -OCH3 is 2. The fraction of sp³-hybridized carbons (Fsp3) is 0.632. The van der Waals surface area contributed by atoms with E-state index in [4.69, 9.17) is 9.47 Å². The lowest BCUT2D eigenvalue weighted by atomic mass is 10.1. The van der Waals surface area contributed by atoms with Gasteiger partial charge in [-0.25, -0.2) is 8.42 Å². The van der Waals surface area contributed by atoms with Crippen molar-refractivity contribution in [2.45, 2.75) is 38.4 Å². The first-order valence-electron chi connectivity index (χ1n) is 8.97. The van der Waals surface area contributed by atoms with Crippen LogP contribution >= 0.6 is 0 Å². The third-order valence-electron chi connectivity index (χ3n) is 4.67. The van der Waals surface area contributed by atoms with Gasteiger partial charge in [-0.1, -0.05) is 19.9 Å². The second-order valence-electron chi connectivity index (χ2n) is 7.17. The molecule has 146 valence electrons. The lowest BCUT2D eigenvalue weighted by Crippen LogP contribution is -2.43. The van der Waals surface area contributed by atoms with Crippen LogP contribution in [0.15, 0.2) is 18.2 Å². The van der Waals surface area contributed by atoms with E-state index in [2.05, 4.69) is 0 Å². The van der Waals surface area contributed by atoms with Crippen LogP contribution in [0.1, 0.15) is 32.3 Å². The number of hydrogen-bond acceptors (Lipinski definition) is 5. The molecule has 0 saturated carbocycles. The van der Waals surface area contributed by atoms with E-state index in [-0.39, 0.29) is 29.2 Å². The van der Waals surface area contributed by atoms with Gasteiger partial charge in [0.2, 0.25) is 5.91 Å². The summed E-state index contributed by atoms with van der Waals surface area (Å²) in [5.74, 6) is 1.58. The van der Waals surface area contributed by atoms with Crippen LogP contribution in [0.4, 0.5) is 0 Å².